The maximum Gasteiger partial charge on any atom is 0.306 e. The zero-order valence-corrected chi connectivity index (χ0v) is 10.3. The topological polar surface area (TPSA) is 57.5 Å². The first kappa shape index (κ1) is 12.8. The predicted molar refractivity (Wildman–Crippen MR) is 63.1 cm³/mol. The fourth-order valence-corrected chi connectivity index (χ4v) is 1.82. The minimum absolute atomic E-state index is 0.178. The summed E-state index contributed by atoms with van der Waals surface area (Å²) >= 11 is 6.07. The van der Waals surface area contributed by atoms with E-state index in [1.807, 2.05) is 0 Å². The van der Waals surface area contributed by atoms with Gasteiger partial charge in [-0.3, -0.25) is 4.79 Å². The van der Waals surface area contributed by atoms with Crippen molar-refractivity contribution in [2.24, 2.45) is 5.92 Å². The van der Waals surface area contributed by atoms with Gasteiger partial charge in [0.1, 0.15) is 5.75 Å². The lowest BCUT2D eigenvalue weighted by Gasteiger charge is -2.13. The van der Waals surface area contributed by atoms with Crippen molar-refractivity contribution in [2.45, 2.75) is 27.2 Å². The van der Waals surface area contributed by atoms with Crippen molar-refractivity contribution >= 4 is 17.6 Å². The summed E-state index contributed by atoms with van der Waals surface area (Å²) in [7, 11) is 0. The summed E-state index contributed by atoms with van der Waals surface area (Å²) in [6.07, 6.45) is 0.371. The van der Waals surface area contributed by atoms with Crippen LogP contribution in [-0.2, 0) is 11.2 Å². The molecule has 0 radical (unpaired) electrons. The van der Waals surface area contributed by atoms with Crippen LogP contribution in [0.2, 0.25) is 5.02 Å². The summed E-state index contributed by atoms with van der Waals surface area (Å²) in [6.45, 7) is 5.13. The van der Waals surface area contributed by atoms with Gasteiger partial charge in [-0.2, -0.15) is 0 Å². The van der Waals surface area contributed by atoms with E-state index in [0.717, 1.165) is 11.1 Å². The third-order valence-corrected chi connectivity index (χ3v) is 3.20. The predicted octanol–water partition coefficient (Wildman–Crippen LogP) is 2.93. The van der Waals surface area contributed by atoms with Crippen LogP contribution < -0.4 is 0 Å². The molecule has 1 aromatic rings. The summed E-state index contributed by atoms with van der Waals surface area (Å²) in [5.74, 6) is -1.16. The van der Waals surface area contributed by atoms with Gasteiger partial charge < -0.3 is 10.2 Å². The Kier molecular flexibility index (Phi) is 3.81. The number of carboxylic acid groups (broad SMARTS) is 1. The first-order valence-corrected chi connectivity index (χ1v) is 5.42. The van der Waals surface area contributed by atoms with Gasteiger partial charge >= 0.3 is 5.97 Å². The number of phenolic OH excluding ortho intramolecular Hbond substituents is 1. The van der Waals surface area contributed by atoms with Gasteiger partial charge in [0.2, 0.25) is 0 Å². The number of hydrogen-bond acceptors (Lipinski definition) is 2. The molecule has 0 fully saturated rings. The number of carbonyl (C=O) groups is 1. The summed E-state index contributed by atoms with van der Waals surface area (Å²) in [4.78, 5) is 10.8. The monoisotopic (exact) mass is 242 g/mol. The molecule has 0 aliphatic heterocycles. The van der Waals surface area contributed by atoms with E-state index in [-0.39, 0.29) is 5.75 Å². The van der Waals surface area contributed by atoms with E-state index in [1.54, 1.807) is 26.8 Å². The van der Waals surface area contributed by atoms with Crippen molar-refractivity contribution in [3.8, 4) is 5.75 Å². The Bertz CT molecular complexity index is 427. The number of aliphatic carboxylic acids is 1. The van der Waals surface area contributed by atoms with Crippen LogP contribution in [0.4, 0.5) is 0 Å². The van der Waals surface area contributed by atoms with Gasteiger partial charge in [-0.1, -0.05) is 24.6 Å². The van der Waals surface area contributed by atoms with Crippen LogP contribution in [0, 0.1) is 19.8 Å². The number of hydrogen-bond donors (Lipinski definition) is 2. The van der Waals surface area contributed by atoms with Crippen molar-refractivity contribution in [2.75, 3.05) is 0 Å². The number of phenols is 1. The fraction of sp³-hybridized carbons (Fsp3) is 0.417. The molecule has 88 valence electrons. The van der Waals surface area contributed by atoms with Crippen LogP contribution in [0.5, 0.6) is 5.75 Å². The van der Waals surface area contributed by atoms with Crippen LogP contribution in [0.15, 0.2) is 6.07 Å². The summed E-state index contributed by atoms with van der Waals surface area (Å²) < 4.78 is 0. The van der Waals surface area contributed by atoms with Gasteiger partial charge in [-0.15, -0.1) is 0 Å². The molecule has 1 unspecified atom stereocenters. The second-order valence-corrected chi connectivity index (χ2v) is 4.46. The number of rotatable bonds is 3. The number of benzene rings is 1. The molecule has 4 heteroatoms. The molecule has 0 aliphatic carbocycles. The van der Waals surface area contributed by atoms with Gasteiger partial charge in [0, 0.05) is 5.56 Å². The average Bonchev–Trinajstić information content (AvgIpc) is 2.22. The normalized spacial score (nSPS) is 12.5. The van der Waals surface area contributed by atoms with E-state index < -0.39 is 11.9 Å². The molecule has 0 saturated heterocycles. The Morgan fingerprint density at radius 3 is 2.56 bits per heavy atom. The Morgan fingerprint density at radius 2 is 2.06 bits per heavy atom. The molecule has 0 aromatic heterocycles. The lowest BCUT2D eigenvalue weighted by Crippen LogP contribution is -2.12. The maximum absolute atomic E-state index is 10.8. The molecule has 0 amide bonds. The molecule has 2 N–H and O–H groups in total. The van der Waals surface area contributed by atoms with Crippen LogP contribution in [0.3, 0.4) is 0 Å². The van der Waals surface area contributed by atoms with E-state index in [0.29, 0.717) is 17.0 Å². The van der Waals surface area contributed by atoms with Crippen molar-refractivity contribution in [3.63, 3.8) is 0 Å². The van der Waals surface area contributed by atoms with E-state index in [2.05, 4.69) is 0 Å². The minimum atomic E-state index is -0.848. The van der Waals surface area contributed by atoms with Gasteiger partial charge in [-0.05, 0) is 31.4 Å². The minimum Gasteiger partial charge on any atom is -0.507 e. The highest BCUT2D eigenvalue weighted by Gasteiger charge is 2.16. The number of carboxylic acids is 1. The number of aryl methyl sites for hydroxylation is 1. The summed E-state index contributed by atoms with van der Waals surface area (Å²) in [6, 6.07) is 1.74. The molecule has 1 aromatic carbocycles. The molecule has 0 saturated carbocycles. The molecule has 0 heterocycles. The van der Waals surface area contributed by atoms with E-state index in [9.17, 15) is 9.90 Å². The molecule has 16 heavy (non-hydrogen) atoms. The Labute approximate surface area is 99.7 Å². The third kappa shape index (κ3) is 2.47. The smallest absolute Gasteiger partial charge is 0.306 e. The van der Waals surface area contributed by atoms with Gasteiger partial charge in [0.05, 0.1) is 10.9 Å². The summed E-state index contributed by atoms with van der Waals surface area (Å²) in [5, 5.41) is 18.9. The van der Waals surface area contributed by atoms with Crippen LogP contribution in [-0.4, -0.2) is 16.2 Å². The molecule has 3 nitrogen and oxygen atoms in total. The van der Waals surface area contributed by atoms with Crippen LogP contribution >= 0.6 is 11.6 Å². The quantitative estimate of drug-likeness (QED) is 0.857. The lowest BCUT2D eigenvalue weighted by molar-refractivity contribution is -0.141. The molecule has 0 bridgehead atoms. The van der Waals surface area contributed by atoms with E-state index in [4.69, 9.17) is 16.7 Å². The van der Waals surface area contributed by atoms with Gasteiger partial charge in [-0.25, -0.2) is 0 Å². The highest BCUT2D eigenvalue weighted by molar-refractivity contribution is 6.32. The zero-order valence-electron chi connectivity index (χ0n) is 9.54. The first-order chi connectivity index (χ1) is 7.34. The molecule has 0 spiro atoms. The Hall–Kier alpha value is -1.22. The van der Waals surface area contributed by atoms with Crippen molar-refractivity contribution in [1.29, 1.82) is 0 Å². The second kappa shape index (κ2) is 4.74. The SMILES string of the molecule is Cc1cc(CC(C)C(=O)O)c(Cl)c(C)c1O. The van der Waals surface area contributed by atoms with Crippen LogP contribution in [0.1, 0.15) is 23.6 Å². The fourth-order valence-electron chi connectivity index (χ4n) is 1.60. The van der Waals surface area contributed by atoms with Gasteiger partial charge in [0.15, 0.2) is 0 Å². The number of halogens is 1. The van der Waals surface area contributed by atoms with Crippen LogP contribution in [0.25, 0.3) is 0 Å². The van der Waals surface area contributed by atoms with Crippen molar-refractivity contribution < 1.29 is 15.0 Å². The second-order valence-electron chi connectivity index (χ2n) is 4.08. The third-order valence-electron chi connectivity index (χ3n) is 2.68. The Balaban J connectivity index is 3.11. The molecular formula is C12H15ClO3. The standard InChI is InChI=1S/C12H15ClO3/c1-6-4-9(5-7(2)12(15)16)10(13)8(3)11(6)14/h4,7,14H,5H2,1-3H3,(H,15,16). The highest BCUT2D eigenvalue weighted by atomic mass is 35.5. The Morgan fingerprint density at radius 1 is 1.50 bits per heavy atom. The lowest BCUT2D eigenvalue weighted by atomic mass is 9.97. The molecule has 1 rings (SSSR count). The van der Waals surface area contributed by atoms with Gasteiger partial charge in [0.25, 0.3) is 0 Å². The zero-order chi connectivity index (χ0) is 12.5. The summed E-state index contributed by atoms with van der Waals surface area (Å²) in [5.41, 5.74) is 2.09. The molecular weight excluding hydrogens is 228 g/mol. The van der Waals surface area contributed by atoms with Crippen molar-refractivity contribution in [3.05, 3.63) is 27.8 Å². The van der Waals surface area contributed by atoms with E-state index in [1.165, 1.54) is 0 Å². The maximum atomic E-state index is 10.8. The molecule has 1 atom stereocenters. The highest BCUT2D eigenvalue weighted by Crippen LogP contribution is 2.32. The average molecular weight is 243 g/mol. The van der Waals surface area contributed by atoms with Crippen molar-refractivity contribution in [1.82, 2.24) is 0 Å². The van der Waals surface area contributed by atoms with E-state index >= 15 is 0 Å². The number of aromatic hydroxyl groups is 1. The first-order valence-electron chi connectivity index (χ1n) is 5.05. The largest absolute Gasteiger partial charge is 0.507 e. The molecule has 0 aliphatic rings.